The number of carbonyl (C=O) groups excluding carboxylic acids is 1. The summed E-state index contributed by atoms with van der Waals surface area (Å²) < 4.78 is 0. The third-order valence-corrected chi connectivity index (χ3v) is 5.19. The van der Waals surface area contributed by atoms with Gasteiger partial charge in [0.2, 0.25) is 5.91 Å². The number of rotatable bonds is 2. The molecule has 2 saturated carbocycles. The third-order valence-electron chi connectivity index (χ3n) is 5.19. The average molecular weight is 251 g/mol. The minimum absolute atomic E-state index is 0.120. The van der Waals surface area contributed by atoms with E-state index in [-0.39, 0.29) is 11.8 Å². The van der Waals surface area contributed by atoms with Crippen molar-refractivity contribution in [3.05, 3.63) is 0 Å². The lowest BCUT2D eigenvalue weighted by Crippen LogP contribution is -2.38. The third kappa shape index (κ3) is 1.91. The molecule has 0 aromatic carbocycles. The summed E-state index contributed by atoms with van der Waals surface area (Å²) in [4.78, 5) is 25.6. The fraction of sp³-hybridized carbons (Fsp3) is 0.857. The van der Waals surface area contributed by atoms with E-state index in [1.807, 2.05) is 4.90 Å². The van der Waals surface area contributed by atoms with Crippen LogP contribution in [0, 0.1) is 23.7 Å². The zero-order valence-corrected chi connectivity index (χ0v) is 10.7. The maximum atomic E-state index is 12.5. The minimum atomic E-state index is -0.787. The van der Waals surface area contributed by atoms with Crippen LogP contribution in [-0.4, -0.2) is 35.0 Å². The summed E-state index contributed by atoms with van der Waals surface area (Å²) in [5.41, 5.74) is 0. The summed E-state index contributed by atoms with van der Waals surface area (Å²) in [5, 5.41) is 9.17. The Balaban J connectivity index is 1.66. The van der Waals surface area contributed by atoms with Crippen molar-refractivity contribution in [2.45, 2.75) is 38.5 Å². The Bertz CT molecular complexity index is 356. The Morgan fingerprint density at radius 2 is 1.44 bits per heavy atom. The van der Waals surface area contributed by atoms with Crippen molar-refractivity contribution < 1.29 is 14.7 Å². The van der Waals surface area contributed by atoms with Crippen molar-refractivity contribution in [1.82, 2.24) is 4.90 Å². The molecule has 0 aromatic rings. The lowest BCUT2D eigenvalue weighted by Gasteiger charge is -2.23. The van der Waals surface area contributed by atoms with E-state index in [2.05, 4.69) is 0 Å². The monoisotopic (exact) mass is 251 g/mol. The number of carboxylic acids is 1. The van der Waals surface area contributed by atoms with Crippen molar-refractivity contribution in [2.75, 3.05) is 13.1 Å². The maximum absolute atomic E-state index is 12.5. The van der Waals surface area contributed by atoms with Gasteiger partial charge in [0.25, 0.3) is 0 Å². The molecule has 4 unspecified atom stereocenters. The van der Waals surface area contributed by atoms with E-state index in [0.29, 0.717) is 18.3 Å². The Labute approximate surface area is 107 Å². The molecule has 0 bridgehead atoms. The molecule has 0 radical (unpaired) electrons. The number of likely N-dealkylation sites (tertiary alicyclic amines) is 1. The zero-order valence-electron chi connectivity index (χ0n) is 10.7. The smallest absolute Gasteiger partial charge is 0.307 e. The first-order valence-electron chi connectivity index (χ1n) is 7.18. The van der Waals surface area contributed by atoms with Gasteiger partial charge in [-0.2, -0.15) is 0 Å². The molecule has 100 valence electrons. The van der Waals surface area contributed by atoms with Crippen molar-refractivity contribution >= 4 is 11.9 Å². The largest absolute Gasteiger partial charge is 0.481 e. The molecule has 4 heteroatoms. The standard InChI is InChI=1S/C14H21NO3/c16-13(11-5-2-6-12(11)14(17)18)15-7-9-3-1-4-10(9)8-15/h9-12H,1-8H2,(H,17,18). The fourth-order valence-electron chi connectivity index (χ4n) is 4.20. The van der Waals surface area contributed by atoms with Crippen LogP contribution >= 0.6 is 0 Å². The number of carboxylic acid groups (broad SMARTS) is 1. The molecule has 3 aliphatic rings. The minimum Gasteiger partial charge on any atom is -0.481 e. The Kier molecular flexibility index (Phi) is 3.04. The quantitative estimate of drug-likeness (QED) is 0.813. The average Bonchev–Trinajstić information content (AvgIpc) is 3.02. The normalized spacial score (nSPS) is 39.0. The fourth-order valence-corrected chi connectivity index (χ4v) is 4.20. The van der Waals surface area contributed by atoms with E-state index >= 15 is 0 Å². The second-order valence-corrected chi connectivity index (χ2v) is 6.18. The highest BCUT2D eigenvalue weighted by atomic mass is 16.4. The van der Waals surface area contributed by atoms with E-state index in [1.54, 1.807) is 0 Å². The first-order chi connectivity index (χ1) is 8.66. The first-order valence-corrected chi connectivity index (χ1v) is 7.18. The van der Waals surface area contributed by atoms with Crippen molar-refractivity contribution in [2.24, 2.45) is 23.7 Å². The number of carbonyl (C=O) groups is 2. The van der Waals surface area contributed by atoms with Crippen LogP contribution in [0.3, 0.4) is 0 Å². The van der Waals surface area contributed by atoms with Crippen molar-refractivity contribution in [3.8, 4) is 0 Å². The molecule has 0 spiro atoms. The van der Waals surface area contributed by atoms with Crippen molar-refractivity contribution in [1.29, 1.82) is 0 Å². The van der Waals surface area contributed by atoms with E-state index in [0.717, 1.165) is 25.9 Å². The van der Waals surface area contributed by atoms with Gasteiger partial charge in [0.15, 0.2) is 0 Å². The van der Waals surface area contributed by atoms with Crippen LogP contribution in [0.4, 0.5) is 0 Å². The summed E-state index contributed by atoms with van der Waals surface area (Å²) in [7, 11) is 0. The molecule has 1 aliphatic heterocycles. The van der Waals surface area contributed by atoms with Crippen LogP contribution in [-0.2, 0) is 9.59 Å². The van der Waals surface area contributed by atoms with Gasteiger partial charge in [0, 0.05) is 13.1 Å². The van der Waals surface area contributed by atoms with Gasteiger partial charge in [-0.3, -0.25) is 9.59 Å². The van der Waals surface area contributed by atoms with Crippen LogP contribution in [0.15, 0.2) is 0 Å². The van der Waals surface area contributed by atoms with Crippen molar-refractivity contribution in [3.63, 3.8) is 0 Å². The van der Waals surface area contributed by atoms with Gasteiger partial charge < -0.3 is 10.0 Å². The molecule has 18 heavy (non-hydrogen) atoms. The molecule has 1 N–H and O–H groups in total. The SMILES string of the molecule is O=C(O)C1CCCC1C(=O)N1CC2CCCC2C1. The number of fused-ring (bicyclic) bond motifs is 1. The zero-order chi connectivity index (χ0) is 12.7. The highest BCUT2D eigenvalue weighted by Gasteiger charge is 2.44. The molecule has 3 fully saturated rings. The second-order valence-electron chi connectivity index (χ2n) is 6.18. The van der Waals surface area contributed by atoms with Gasteiger partial charge in [0.05, 0.1) is 11.8 Å². The predicted molar refractivity (Wildman–Crippen MR) is 65.9 cm³/mol. The lowest BCUT2D eigenvalue weighted by atomic mass is 9.95. The molecule has 1 saturated heterocycles. The lowest BCUT2D eigenvalue weighted by molar-refractivity contribution is -0.148. The van der Waals surface area contributed by atoms with Crippen LogP contribution < -0.4 is 0 Å². The highest BCUT2D eigenvalue weighted by Crippen LogP contribution is 2.40. The molecule has 1 amide bonds. The number of aliphatic carboxylic acids is 1. The topological polar surface area (TPSA) is 57.6 Å². The molecular formula is C14H21NO3. The molecular weight excluding hydrogens is 230 g/mol. The predicted octanol–water partition coefficient (Wildman–Crippen LogP) is 1.75. The molecule has 1 heterocycles. The van der Waals surface area contributed by atoms with Gasteiger partial charge in [-0.25, -0.2) is 0 Å². The van der Waals surface area contributed by atoms with E-state index in [1.165, 1.54) is 19.3 Å². The Morgan fingerprint density at radius 1 is 0.889 bits per heavy atom. The summed E-state index contributed by atoms with van der Waals surface area (Å²) in [6.07, 6.45) is 6.13. The Hall–Kier alpha value is -1.06. The number of hydrogen-bond acceptors (Lipinski definition) is 2. The first kappa shape index (κ1) is 12.0. The van der Waals surface area contributed by atoms with E-state index < -0.39 is 11.9 Å². The van der Waals surface area contributed by atoms with Crippen LogP contribution in [0.25, 0.3) is 0 Å². The molecule has 3 rings (SSSR count). The number of hydrogen-bond donors (Lipinski definition) is 1. The second kappa shape index (κ2) is 4.56. The summed E-state index contributed by atoms with van der Waals surface area (Å²) >= 11 is 0. The van der Waals surface area contributed by atoms with Crippen LogP contribution in [0.2, 0.25) is 0 Å². The van der Waals surface area contributed by atoms with Gasteiger partial charge in [-0.05, 0) is 37.5 Å². The van der Waals surface area contributed by atoms with Crippen LogP contribution in [0.5, 0.6) is 0 Å². The summed E-state index contributed by atoms with van der Waals surface area (Å²) in [5.74, 6) is 0.0380. The number of nitrogens with zero attached hydrogens (tertiary/aromatic N) is 1. The van der Waals surface area contributed by atoms with E-state index in [9.17, 15) is 9.59 Å². The van der Waals surface area contributed by atoms with Gasteiger partial charge in [-0.15, -0.1) is 0 Å². The Morgan fingerprint density at radius 3 is 2.06 bits per heavy atom. The van der Waals surface area contributed by atoms with Gasteiger partial charge in [0.1, 0.15) is 0 Å². The molecule has 2 aliphatic carbocycles. The summed E-state index contributed by atoms with van der Waals surface area (Å²) in [6, 6.07) is 0. The number of amides is 1. The maximum Gasteiger partial charge on any atom is 0.307 e. The van der Waals surface area contributed by atoms with E-state index in [4.69, 9.17) is 5.11 Å². The van der Waals surface area contributed by atoms with Gasteiger partial charge >= 0.3 is 5.97 Å². The molecule has 4 atom stereocenters. The van der Waals surface area contributed by atoms with Crippen LogP contribution in [0.1, 0.15) is 38.5 Å². The molecule has 4 nitrogen and oxygen atoms in total. The highest BCUT2D eigenvalue weighted by molar-refractivity contribution is 5.85. The molecule has 0 aromatic heterocycles. The van der Waals surface area contributed by atoms with Gasteiger partial charge in [-0.1, -0.05) is 12.8 Å². The summed E-state index contributed by atoms with van der Waals surface area (Å²) in [6.45, 7) is 1.76.